The Bertz CT molecular complexity index is 996. The molecule has 0 bridgehead atoms. The number of nitrogens with zero attached hydrogens (tertiary/aromatic N) is 4. The number of fused-ring (bicyclic) bond motifs is 1. The quantitative estimate of drug-likeness (QED) is 0.577. The zero-order valence-electron chi connectivity index (χ0n) is 18.9. The molecule has 2 aliphatic heterocycles. The van der Waals surface area contributed by atoms with Gasteiger partial charge in [-0.15, -0.1) is 0 Å². The Hall–Kier alpha value is -3.27. The summed E-state index contributed by atoms with van der Waals surface area (Å²) in [6.07, 6.45) is 1.44. The van der Waals surface area contributed by atoms with Crippen LogP contribution in [0.1, 0.15) is 31.0 Å². The number of rotatable bonds is 7. The van der Waals surface area contributed by atoms with E-state index in [4.69, 9.17) is 10.7 Å². The van der Waals surface area contributed by atoms with E-state index in [1.165, 1.54) is 0 Å². The highest BCUT2D eigenvalue weighted by Gasteiger charge is 2.36. The number of anilines is 1. The van der Waals surface area contributed by atoms with Gasteiger partial charge in [-0.1, -0.05) is 25.8 Å². The molecule has 0 aliphatic carbocycles. The molecular weight excluding hydrogens is 431 g/mol. The van der Waals surface area contributed by atoms with E-state index >= 15 is 0 Å². The molecule has 2 aliphatic rings. The Morgan fingerprint density at radius 2 is 2.12 bits per heavy atom. The largest absolute Gasteiger partial charge is 0.408 e. The van der Waals surface area contributed by atoms with Crippen molar-refractivity contribution in [2.24, 2.45) is 10.7 Å². The minimum Gasteiger partial charge on any atom is -0.373 e. The van der Waals surface area contributed by atoms with Crippen LogP contribution in [0.15, 0.2) is 60.7 Å². The second kappa shape index (κ2) is 9.70. The first-order chi connectivity index (χ1) is 15.5. The fourth-order valence-corrected chi connectivity index (χ4v) is 3.76. The Morgan fingerprint density at radius 3 is 2.79 bits per heavy atom. The first-order valence-corrected chi connectivity index (χ1v) is 10.7. The van der Waals surface area contributed by atoms with Gasteiger partial charge in [0.1, 0.15) is 17.7 Å². The maximum atomic E-state index is 13.0. The standard InChI is InChI=1S/C23H30F3N7/c1-14(29-16(3)23(24,25)26)20-9-7-18-6-8-19(10-12-27)33(22(18)31-20)17(4)30-21-11-13-28-32(5)15(21)2/h7,9,11,13,16,19,28-29H,1-2,4,6,8,10,12,27H2,3,5H3/t16-,19-/m1/s1. The van der Waals surface area contributed by atoms with Gasteiger partial charge < -0.3 is 21.4 Å². The van der Waals surface area contributed by atoms with Crippen LogP contribution in [-0.2, 0) is 6.42 Å². The highest BCUT2D eigenvalue weighted by atomic mass is 19.4. The molecule has 4 N–H and O–H groups in total. The van der Waals surface area contributed by atoms with Crippen molar-refractivity contribution in [2.75, 3.05) is 18.5 Å². The number of hydrazine groups is 1. The molecule has 0 unspecified atom stereocenters. The summed E-state index contributed by atoms with van der Waals surface area (Å²) in [6.45, 7) is 13.5. The fraction of sp³-hybridized carbons (Fsp3) is 0.391. The van der Waals surface area contributed by atoms with Gasteiger partial charge >= 0.3 is 6.18 Å². The highest BCUT2D eigenvalue weighted by Crippen LogP contribution is 2.34. The number of halogens is 3. The van der Waals surface area contributed by atoms with Crippen molar-refractivity contribution in [3.63, 3.8) is 0 Å². The van der Waals surface area contributed by atoms with E-state index in [0.717, 1.165) is 25.3 Å². The van der Waals surface area contributed by atoms with Gasteiger partial charge in [-0.2, -0.15) is 13.2 Å². The van der Waals surface area contributed by atoms with Crippen LogP contribution in [0.5, 0.6) is 0 Å². The molecule has 0 saturated heterocycles. The van der Waals surface area contributed by atoms with Crippen molar-refractivity contribution in [1.82, 2.24) is 20.7 Å². The zero-order chi connectivity index (χ0) is 24.3. The average Bonchev–Trinajstić information content (AvgIpc) is 2.75. The van der Waals surface area contributed by atoms with Crippen molar-refractivity contribution in [2.45, 2.75) is 44.4 Å². The van der Waals surface area contributed by atoms with Gasteiger partial charge in [0.2, 0.25) is 0 Å². The lowest BCUT2D eigenvalue weighted by Crippen LogP contribution is -2.41. The fourth-order valence-electron chi connectivity index (χ4n) is 3.76. The minimum atomic E-state index is -4.39. The van der Waals surface area contributed by atoms with E-state index in [1.54, 1.807) is 23.4 Å². The van der Waals surface area contributed by atoms with Gasteiger partial charge in [-0.3, -0.25) is 5.01 Å². The third-order valence-corrected chi connectivity index (χ3v) is 5.72. The molecule has 0 amide bonds. The third kappa shape index (κ3) is 5.39. The van der Waals surface area contributed by atoms with Crippen LogP contribution in [-0.4, -0.2) is 47.6 Å². The van der Waals surface area contributed by atoms with E-state index in [9.17, 15) is 13.2 Å². The van der Waals surface area contributed by atoms with Gasteiger partial charge in [-0.25, -0.2) is 9.98 Å². The number of allylic oxidation sites excluding steroid dienone is 1. The second-order valence-electron chi connectivity index (χ2n) is 8.09. The lowest BCUT2D eigenvalue weighted by Gasteiger charge is -2.38. The monoisotopic (exact) mass is 461 g/mol. The average molecular weight is 462 g/mol. The molecule has 3 heterocycles. The molecule has 1 aromatic rings. The van der Waals surface area contributed by atoms with Gasteiger partial charge in [0.05, 0.1) is 22.8 Å². The Labute approximate surface area is 192 Å². The van der Waals surface area contributed by atoms with Crippen molar-refractivity contribution < 1.29 is 13.2 Å². The first-order valence-electron chi connectivity index (χ1n) is 10.7. The molecule has 0 spiro atoms. The molecule has 2 atom stereocenters. The third-order valence-electron chi connectivity index (χ3n) is 5.72. The van der Waals surface area contributed by atoms with E-state index < -0.39 is 12.2 Å². The summed E-state index contributed by atoms with van der Waals surface area (Å²) in [4.78, 5) is 11.3. The van der Waals surface area contributed by atoms with Crippen LogP contribution < -0.4 is 21.4 Å². The lowest BCUT2D eigenvalue weighted by atomic mass is 9.96. The van der Waals surface area contributed by atoms with Crippen molar-refractivity contribution in [1.29, 1.82) is 0 Å². The topological polar surface area (TPSA) is 81.8 Å². The molecule has 1 aromatic heterocycles. The van der Waals surface area contributed by atoms with Crippen LogP contribution in [0.25, 0.3) is 5.70 Å². The molecular formula is C23H30F3N7. The Kier molecular flexibility index (Phi) is 7.16. The van der Waals surface area contributed by atoms with Crippen molar-refractivity contribution in [3.8, 4) is 0 Å². The molecule has 178 valence electrons. The van der Waals surface area contributed by atoms with Gasteiger partial charge in [0, 0.05) is 19.3 Å². The molecule has 10 heteroatoms. The number of aliphatic imine (C=N–C) groups is 1. The van der Waals surface area contributed by atoms with Crippen LogP contribution in [0.4, 0.5) is 19.0 Å². The highest BCUT2D eigenvalue weighted by molar-refractivity contribution is 6.08. The number of nitrogens with two attached hydrogens (primary N) is 1. The normalized spacial score (nSPS) is 20.4. The molecule has 7 nitrogen and oxygen atoms in total. The Balaban J connectivity index is 1.96. The molecule has 0 fully saturated rings. The summed E-state index contributed by atoms with van der Waals surface area (Å²) in [5, 5.41) is 4.13. The number of pyridine rings is 1. The predicted molar refractivity (Wildman–Crippen MR) is 126 cm³/mol. The van der Waals surface area contributed by atoms with Crippen LogP contribution in [0, 0.1) is 0 Å². The molecule has 0 aromatic carbocycles. The Morgan fingerprint density at radius 1 is 1.39 bits per heavy atom. The number of aromatic nitrogens is 1. The van der Waals surface area contributed by atoms with Crippen LogP contribution >= 0.6 is 0 Å². The number of alkyl halides is 3. The summed E-state index contributed by atoms with van der Waals surface area (Å²) in [7, 11) is 1.83. The van der Waals surface area contributed by atoms with E-state index in [1.807, 2.05) is 18.0 Å². The van der Waals surface area contributed by atoms with Gasteiger partial charge in [0.25, 0.3) is 0 Å². The summed E-state index contributed by atoms with van der Waals surface area (Å²) in [5.41, 5.74) is 11.6. The number of aryl methyl sites for hydroxylation is 1. The summed E-state index contributed by atoms with van der Waals surface area (Å²) >= 11 is 0. The van der Waals surface area contributed by atoms with Crippen LogP contribution in [0.3, 0.4) is 0 Å². The molecule has 33 heavy (non-hydrogen) atoms. The molecule has 3 rings (SSSR count). The van der Waals surface area contributed by atoms with Crippen LogP contribution in [0.2, 0.25) is 0 Å². The van der Waals surface area contributed by atoms with E-state index in [0.29, 0.717) is 41.7 Å². The van der Waals surface area contributed by atoms with Crippen molar-refractivity contribution in [3.05, 3.63) is 66.9 Å². The summed E-state index contributed by atoms with van der Waals surface area (Å²) < 4.78 is 39.0. The summed E-state index contributed by atoms with van der Waals surface area (Å²) in [6, 6.07) is 1.81. The molecule has 0 saturated carbocycles. The van der Waals surface area contributed by atoms with E-state index in [-0.39, 0.29) is 11.7 Å². The summed E-state index contributed by atoms with van der Waals surface area (Å²) in [5.74, 6) is 1.06. The number of nitrogens with one attached hydrogen (secondary N) is 2. The van der Waals surface area contributed by atoms with Gasteiger partial charge in [-0.05, 0) is 50.4 Å². The smallest absolute Gasteiger partial charge is 0.373 e. The second-order valence-corrected chi connectivity index (χ2v) is 8.09. The first kappa shape index (κ1) is 24.4. The minimum absolute atomic E-state index is 0.00844. The van der Waals surface area contributed by atoms with E-state index in [2.05, 4.69) is 35.5 Å². The lowest BCUT2D eigenvalue weighted by molar-refractivity contribution is -0.148. The predicted octanol–water partition coefficient (Wildman–Crippen LogP) is 3.45. The maximum Gasteiger partial charge on any atom is 0.408 e. The number of hydrogen-bond donors (Lipinski definition) is 3. The SMILES string of the molecule is C=C(N[C@H](C)C(F)(F)F)c1ccc2c(n1)N(C(=C)N=C1C=CNN(C)C1=C)[C@@H](CCN)CC2. The van der Waals surface area contributed by atoms with Crippen molar-refractivity contribution >= 4 is 17.2 Å². The van der Waals surface area contributed by atoms with Gasteiger partial charge in [0.15, 0.2) is 0 Å². The molecule has 0 radical (unpaired) electrons. The zero-order valence-corrected chi connectivity index (χ0v) is 18.9. The maximum absolute atomic E-state index is 13.0. The number of hydrogen-bond acceptors (Lipinski definition) is 7.